The third-order valence-electron chi connectivity index (χ3n) is 2.18. The van der Waals surface area contributed by atoms with Gasteiger partial charge in [0, 0.05) is 0 Å². The van der Waals surface area contributed by atoms with Crippen LogP contribution in [0.1, 0.15) is 18.5 Å². The molecule has 1 atom stereocenters. The molecule has 0 fully saturated rings. The van der Waals surface area contributed by atoms with Gasteiger partial charge in [0.2, 0.25) is 0 Å². The van der Waals surface area contributed by atoms with Gasteiger partial charge in [-0.1, -0.05) is 37.3 Å². The predicted octanol–water partition coefficient (Wildman–Crippen LogP) is 2.62. The van der Waals surface area contributed by atoms with Crippen LogP contribution in [0.15, 0.2) is 30.3 Å². The molecule has 90 valence electrons. The summed E-state index contributed by atoms with van der Waals surface area (Å²) < 4.78 is 28.8. The molecule has 0 saturated carbocycles. The van der Waals surface area contributed by atoms with Crippen molar-refractivity contribution in [1.29, 1.82) is 0 Å². The largest absolute Gasteiger partial charge is 0.374 e. The molecule has 0 heterocycles. The standard InChI is InChI=1S/C12H17F2NO/c1-2-15-11(8-16-9-12(13)14)10-6-4-3-5-7-10/h3-7,11-12,15H,2,8-9H2,1H3. The quantitative estimate of drug-likeness (QED) is 0.776. The maximum Gasteiger partial charge on any atom is 0.261 e. The van der Waals surface area contributed by atoms with E-state index in [-0.39, 0.29) is 12.6 Å². The zero-order valence-electron chi connectivity index (χ0n) is 9.33. The molecule has 2 nitrogen and oxygen atoms in total. The van der Waals surface area contributed by atoms with E-state index in [2.05, 4.69) is 5.32 Å². The molecule has 16 heavy (non-hydrogen) atoms. The Morgan fingerprint density at radius 1 is 1.19 bits per heavy atom. The fourth-order valence-corrected chi connectivity index (χ4v) is 1.48. The highest BCUT2D eigenvalue weighted by molar-refractivity contribution is 5.18. The number of nitrogens with one attached hydrogen (secondary N) is 1. The number of halogens is 2. The van der Waals surface area contributed by atoms with Crippen molar-refractivity contribution in [3.63, 3.8) is 0 Å². The van der Waals surface area contributed by atoms with Crippen LogP contribution in [0.5, 0.6) is 0 Å². The molecule has 0 radical (unpaired) electrons. The summed E-state index contributed by atoms with van der Waals surface area (Å²) in [5.74, 6) is 0. The molecule has 1 N–H and O–H groups in total. The summed E-state index contributed by atoms with van der Waals surface area (Å²) in [6.07, 6.45) is -2.40. The van der Waals surface area contributed by atoms with Crippen LogP contribution >= 0.6 is 0 Å². The second-order valence-electron chi connectivity index (χ2n) is 3.45. The van der Waals surface area contributed by atoms with E-state index >= 15 is 0 Å². The van der Waals surface area contributed by atoms with Crippen molar-refractivity contribution in [3.8, 4) is 0 Å². The third-order valence-corrected chi connectivity index (χ3v) is 2.18. The lowest BCUT2D eigenvalue weighted by molar-refractivity contribution is 0.00934. The number of alkyl halides is 2. The number of benzene rings is 1. The number of hydrogen-bond donors (Lipinski definition) is 1. The van der Waals surface area contributed by atoms with E-state index in [0.29, 0.717) is 0 Å². The molecule has 0 saturated heterocycles. The van der Waals surface area contributed by atoms with Gasteiger partial charge >= 0.3 is 0 Å². The Kier molecular flexibility index (Phi) is 5.96. The Hall–Kier alpha value is -1.00. The molecule has 0 bridgehead atoms. The molecule has 0 amide bonds. The van der Waals surface area contributed by atoms with Crippen LogP contribution in [-0.4, -0.2) is 26.2 Å². The van der Waals surface area contributed by atoms with Gasteiger partial charge < -0.3 is 10.1 Å². The van der Waals surface area contributed by atoms with E-state index in [9.17, 15) is 8.78 Å². The van der Waals surface area contributed by atoms with E-state index in [0.717, 1.165) is 12.1 Å². The molecular weight excluding hydrogens is 212 g/mol. The monoisotopic (exact) mass is 229 g/mol. The van der Waals surface area contributed by atoms with Gasteiger partial charge in [0.05, 0.1) is 12.6 Å². The van der Waals surface area contributed by atoms with Crippen LogP contribution in [0.4, 0.5) is 8.78 Å². The minimum Gasteiger partial charge on any atom is -0.374 e. The maximum absolute atomic E-state index is 11.9. The van der Waals surface area contributed by atoms with Gasteiger partial charge in [-0.3, -0.25) is 0 Å². The zero-order chi connectivity index (χ0) is 11.8. The average molecular weight is 229 g/mol. The van der Waals surface area contributed by atoms with Gasteiger partial charge in [0.15, 0.2) is 0 Å². The first-order valence-corrected chi connectivity index (χ1v) is 5.38. The first-order valence-electron chi connectivity index (χ1n) is 5.38. The number of rotatable bonds is 7. The van der Waals surface area contributed by atoms with Gasteiger partial charge in [0.25, 0.3) is 6.43 Å². The van der Waals surface area contributed by atoms with Crippen LogP contribution in [0.25, 0.3) is 0 Å². The maximum atomic E-state index is 11.9. The molecule has 1 aromatic rings. The first-order chi connectivity index (χ1) is 7.74. The van der Waals surface area contributed by atoms with Gasteiger partial charge in [-0.05, 0) is 12.1 Å². The Morgan fingerprint density at radius 3 is 2.44 bits per heavy atom. The minimum absolute atomic E-state index is 0.0232. The smallest absolute Gasteiger partial charge is 0.261 e. The second kappa shape index (κ2) is 7.30. The topological polar surface area (TPSA) is 21.3 Å². The van der Waals surface area contributed by atoms with Crippen molar-refractivity contribution in [1.82, 2.24) is 5.32 Å². The summed E-state index contributed by atoms with van der Waals surface area (Å²) in [6, 6.07) is 9.66. The summed E-state index contributed by atoms with van der Waals surface area (Å²) in [5.41, 5.74) is 1.05. The fourth-order valence-electron chi connectivity index (χ4n) is 1.48. The van der Waals surface area contributed by atoms with Crippen molar-refractivity contribution in [2.24, 2.45) is 0 Å². The lowest BCUT2D eigenvalue weighted by Gasteiger charge is -2.18. The van der Waals surface area contributed by atoms with Gasteiger partial charge in [-0.15, -0.1) is 0 Å². The van der Waals surface area contributed by atoms with Crippen molar-refractivity contribution >= 4 is 0 Å². The van der Waals surface area contributed by atoms with Crippen molar-refractivity contribution in [3.05, 3.63) is 35.9 Å². The highest BCUT2D eigenvalue weighted by atomic mass is 19.3. The van der Waals surface area contributed by atoms with Gasteiger partial charge in [0.1, 0.15) is 6.61 Å². The summed E-state index contributed by atoms with van der Waals surface area (Å²) >= 11 is 0. The first kappa shape index (κ1) is 13.1. The molecular formula is C12H17F2NO. The number of ether oxygens (including phenoxy) is 1. The summed E-state index contributed by atoms with van der Waals surface area (Å²) in [7, 11) is 0. The normalized spacial score (nSPS) is 13.0. The average Bonchev–Trinajstić information content (AvgIpc) is 2.29. The summed E-state index contributed by atoms with van der Waals surface area (Å²) in [4.78, 5) is 0. The van der Waals surface area contributed by atoms with Crippen LogP contribution in [0.3, 0.4) is 0 Å². The Balaban J connectivity index is 2.48. The van der Waals surface area contributed by atoms with Crippen LogP contribution in [0, 0.1) is 0 Å². The predicted molar refractivity (Wildman–Crippen MR) is 59.7 cm³/mol. The molecule has 0 spiro atoms. The Morgan fingerprint density at radius 2 is 1.88 bits per heavy atom. The van der Waals surface area contributed by atoms with E-state index in [1.54, 1.807) is 0 Å². The van der Waals surface area contributed by atoms with Crippen LogP contribution < -0.4 is 5.32 Å². The summed E-state index contributed by atoms with van der Waals surface area (Å²) in [5, 5.41) is 3.20. The van der Waals surface area contributed by atoms with Crippen molar-refractivity contribution in [2.75, 3.05) is 19.8 Å². The number of hydrogen-bond acceptors (Lipinski definition) is 2. The van der Waals surface area contributed by atoms with Gasteiger partial charge in [-0.25, -0.2) is 8.78 Å². The molecule has 0 aliphatic carbocycles. The molecule has 1 rings (SSSR count). The molecule has 4 heteroatoms. The van der Waals surface area contributed by atoms with E-state index in [4.69, 9.17) is 4.74 Å². The lowest BCUT2D eigenvalue weighted by atomic mass is 10.1. The second-order valence-corrected chi connectivity index (χ2v) is 3.45. The molecule has 1 unspecified atom stereocenters. The summed E-state index contributed by atoms with van der Waals surface area (Å²) in [6.45, 7) is 2.51. The molecule has 0 aromatic heterocycles. The van der Waals surface area contributed by atoms with Crippen molar-refractivity contribution < 1.29 is 13.5 Å². The fraction of sp³-hybridized carbons (Fsp3) is 0.500. The SMILES string of the molecule is CCNC(COCC(F)F)c1ccccc1. The number of likely N-dealkylation sites (N-methyl/N-ethyl adjacent to an activating group) is 1. The van der Waals surface area contributed by atoms with Gasteiger partial charge in [-0.2, -0.15) is 0 Å². The van der Waals surface area contributed by atoms with Crippen molar-refractivity contribution in [2.45, 2.75) is 19.4 Å². The van der Waals surface area contributed by atoms with E-state index in [1.807, 2.05) is 37.3 Å². The van der Waals surface area contributed by atoms with E-state index < -0.39 is 13.0 Å². The molecule has 1 aromatic carbocycles. The van der Waals surface area contributed by atoms with Crippen LogP contribution in [0.2, 0.25) is 0 Å². The van der Waals surface area contributed by atoms with Crippen LogP contribution in [-0.2, 0) is 4.74 Å². The highest BCUT2D eigenvalue weighted by Crippen LogP contribution is 2.12. The zero-order valence-corrected chi connectivity index (χ0v) is 9.33. The minimum atomic E-state index is -2.40. The lowest BCUT2D eigenvalue weighted by Crippen LogP contribution is -2.26. The Labute approximate surface area is 94.6 Å². The molecule has 0 aliphatic rings. The third kappa shape index (κ3) is 4.68. The molecule has 0 aliphatic heterocycles. The van der Waals surface area contributed by atoms with E-state index in [1.165, 1.54) is 0 Å². The highest BCUT2D eigenvalue weighted by Gasteiger charge is 2.11. The Bertz CT molecular complexity index is 280.